The number of benzene rings is 1. The van der Waals surface area contributed by atoms with Crippen LogP contribution in [0.2, 0.25) is 5.02 Å². The normalized spacial score (nSPS) is 12.9. The number of aromatic nitrogens is 2. The molecule has 0 radical (unpaired) electrons. The third-order valence-corrected chi connectivity index (χ3v) is 3.80. The standard InChI is InChI=1S/C15H18Cl2N2/c1-11(2)19-8-7-15(18-19)9-13(10-16)12-3-5-14(17)6-4-12/h3-8,11,13H,9-10H2,1-2H3. The molecule has 2 rings (SSSR count). The minimum Gasteiger partial charge on any atom is -0.270 e. The van der Waals surface area contributed by atoms with Crippen molar-refractivity contribution in [1.82, 2.24) is 9.78 Å². The summed E-state index contributed by atoms with van der Waals surface area (Å²) in [6, 6.07) is 10.3. The van der Waals surface area contributed by atoms with Gasteiger partial charge < -0.3 is 0 Å². The summed E-state index contributed by atoms with van der Waals surface area (Å²) in [6.45, 7) is 4.24. The van der Waals surface area contributed by atoms with Crippen LogP contribution in [0.5, 0.6) is 0 Å². The SMILES string of the molecule is CC(C)n1ccc(CC(CCl)c2ccc(Cl)cc2)n1. The molecule has 0 saturated heterocycles. The Hall–Kier alpha value is -0.990. The summed E-state index contributed by atoms with van der Waals surface area (Å²) in [6.07, 6.45) is 2.87. The van der Waals surface area contributed by atoms with Crippen LogP contribution in [0.1, 0.15) is 37.1 Å². The molecule has 0 aliphatic heterocycles. The van der Waals surface area contributed by atoms with Crippen LogP contribution < -0.4 is 0 Å². The van der Waals surface area contributed by atoms with Crippen LogP contribution in [-0.4, -0.2) is 15.7 Å². The van der Waals surface area contributed by atoms with Crippen LogP contribution in [0.4, 0.5) is 0 Å². The van der Waals surface area contributed by atoms with Crippen molar-refractivity contribution in [1.29, 1.82) is 0 Å². The Balaban J connectivity index is 2.12. The summed E-state index contributed by atoms with van der Waals surface area (Å²) < 4.78 is 1.97. The zero-order chi connectivity index (χ0) is 13.8. The van der Waals surface area contributed by atoms with Crippen molar-refractivity contribution in [2.45, 2.75) is 32.2 Å². The summed E-state index contributed by atoms with van der Waals surface area (Å²) in [5.74, 6) is 0.852. The zero-order valence-corrected chi connectivity index (χ0v) is 12.7. The molecule has 0 spiro atoms. The van der Waals surface area contributed by atoms with Crippen LogP contribution in [0.25, 0.3) is 0 Å². The lowest BCUT2D eigenvalue weighted by Crippen LogP contribution is -2.07. The monoisotopic (exact) mass is 296 g/mol. The molecule has 102 valence electrons. The van der Waals surface area contributed by atoms with E-state index in [1.54, 1.807) is 0 Å². The molecule has 1 atom stereocenters. The topological polar surface area (TPSA) is 17.8 Å². The van der Waals surface area contributed by atoms with Crippen LogP contribution in [0.3, 0.4) is 0 Å². The van der Waals surface area contributed by atoms with Gasteiger partial charge in [0.15, 0.2) is 0 Å². The third-order valence-electron chi connectivity index (χ3n) is 3.18. The first-order valence-electron chi connectivity index (χ1n) is 6.45. The molecule has 4 heteroatoms. The van der Waals surface area contributed by atoms with Gasteiger partial charge in [0.2, 0.25) is 0 Å². The highest BCUT2D eigenvalue weighted by Gasteiger charge is 2.13. The van der Waals surface area contributed by atoms with Gasteiger partial charge in [0.05, 0.1) is 5.69 Å². The molecule has 1 aromatic carbocycles. The Bertz CT molecular complexity index is 517. The quantitative estimate of drug-likeness (QED) is 0.732. The number of hydrogen-bond acceptors (Lipinski definition) is 1. The van der Waals surface area contributed by atoms with E-state index in [9.17, 15) is 0 Å². The second-order valence-corrected chi connectivity index (χ2v) is 5.73. The maximum atomic E-state index is 6.09. The van der Waals surface area contributed by atoms with Crippen molar-refractivity contribution in [2.24, 2.45) is 0 Å². The van der Waals surface area contributed by atoms with Crippen LogP contribution in [-0.2, 0) is 6.42 Å². The van der Waals surface area contributed by atoms with E-state index in [2.05, 4.69) is 25.0 Å². The van der Waals surface area contributed by atoms with E-state index in [-0.39, 0.29) is 5.92 Å². The lowest BCUT2D eigenvalue weighted by Gasteiger charge is -2.13. The summed E-state index contributed by atoms with van der Waals surface area (Å²) in [5.41, 5.74) is 2.28. The van der Waals surface area contributed by atoms with E-state index >= 15 is 0 Å². The van der Waals surface area contributed by atoms with Gasteiger partial charge in [0.25, 0.3) is 0 Å². The average Bonchev–Trinajstić information content (AvgIpc) is 2.86. The highest BCUT2D eigenvalue weighted by atomic mass is 35.5. The summed E-state index contributed by atoms with van der Waals surface area (Å²) in [5, 5.41) is 5.32. The number of nitrogens with zero attached hydrogens (tertiary/aromatic N) is 2. The Morgan fingerprint density at radius 1 is 1.16 bits per heavy atom. The minimum atomic E-state index is 0.273. The Kier molecular flexibility index (Phi) is 4.89. The van der Waals surface area contributed by atoms with E-state index in [1.807, 2.05) is 35.1 Å². The molecule has 1 heterocycles. The molecule has 0 aliphatic carbocycles. The minimum absolute atomic E-state index is 0.273. The van der Waals surface area contributed by atoms with Crippen LogP contribution >= 0.6 is 23.2 Å². The van der Waals surface area contributed by atoms with E-state index in [0.29, 0.717) is 11.9 Å². The fraction of sp³-hybridized carbons (Fsp3) is 0.400. The first kappa shape index (κ1) is 14.4. The maximum Gasteiger partial charge on any atom is 0.0631 e. The van der Waals surface area contributed by atoms with Gasteiger partial charge in [-0.2, -0.15) is 5.10 Å². The largest absolute Gasteiger partial charge is 0.270 e. The van der Waals surface area contributed by atoms with Gasteiger partial charge in [-0.1, -0.05) is 23.7 Å². The van der Waals surface area contributed by atoms with Crippen molar-refractivity contribution in [3.63, 3.8) is 0 Å². The van der Waals surface area contributed by atoms with Crippen molar-refractivity contribution in [3.05, 3.63) is 52.8 Å². The van der Waals surface area contributed by atoms with E-state index in [0.717, 1.165) is 17.1 Å². The zero-order valence-electron chi connectivity index (χ0n) is 11.2. The first-order valence-corrected chi connectivity index (χ1v) is 7.37. The predicted octanol–water partition coefficient (Wildman–Crippen LogP) is 4.68. The van der Waals surface area contributed by atoms with Gasteiger partial charge in [-0.3, -0.25) is 4.68 Å². The smallest absolute Gasteiger partial charge is 0.0631 e. The second-order valence-electron chi connectivity index (χ2n) is 4.99. The van der Waals surface area contributed by atoms with Gasteiger partial charge in [-0.25, -0.2) is 0 Å². The lowest BCUT2D eigenvalue weighted by molar-refractivity contribution is 0.523. The van der Waals surface area contributed by atoms with E-state index in [4.69, 9.17) is 23.2 Å². The number of rotatable bonds is 5. The number of hydrogen-bond donors (Lipinski definition) is 0. The first-order chi connectivity index (χ1) is 9.10. The third kappa shape index (κ3) is 3.74. The van der Waals surface area contributed by atoms with Gasteiger partial charge in [-0.15, -0.1) is 11.6 Å². The van der Waals surface area contributed by atoms with E-state index < -0.39 is 0 Å². The fourth-order valence-corrected chi connectivity index (χ4v) is 2.44. The highest BCUT2D eigenvalue weighted by Crippen LogP contribution is 2.23. The molecule has 1 unspecified atom stereocenters. The van der Waals surface area contributed by atoms with Crippen molar-refractivity contribution >= 4 is 23.2 Å². The molecule has 0 saturated carbocycles. The van der Waals surface area contributed by atoms with Crippen LogP contribution in [0.15, 0.2) is 36.5 Å². The average molecular weight is 297 g/mol. The molecule has 0 aliphatic rings. The Morgan fingerprint density at radius 2 is 1.84 bits per heavy atom. The molecule has 1 aromatic heterocycles. The summed E-state index contributed by atoms with van der Waals surface area (Å²) >= 11 is 12.0. The predicted molar refractivity (Wildman–Crippen MR) is 81.2 cm³/mol. The van der Waals surface area contributed by atoms with Gasteiger partial charge >= 0.3 is 0 Å². The second kappa shape index (κ2) is 6.44. The van der Waals surface area contributed by atoms with Crippen molar-refractivity contribution in [2.75, 3.05) is 5.88 Å². The molecule has 0 fully saturated rings. The van der Waals surface area contributed by atoms with Crippen molar-refractivity contribution in [3.8, 4) is 0 Å². The lowest BCUT2D eigenvalue weighted by atomic mass is 9.96. The maximum absolute atomic E-state index is 6.09. The summed E-state index contributed by atoms with van der Waals surface area (Å²) in [4.78, 5) is 0. The highest BCUT2D eigenvalue weighted by molar-refractivity contribution is 6.30. The molecule has 19 heavy (non-hydrogen) atoms. The van der Waals surface area contributed by atoms with Gasteiger partial charge in [0, 0.05) is 29.1 Å². The molecule has 0 bridgehead atoms. The molecule has 0 N–H and O–H groups in total. The van der Waals surface area contributed by atoms with Gasteiger partial charge in [0.1, 0.15) is 0 Å². The molecule has 2 aromatic rings. The Labute approximate surface area is 124 Å². The fourth-order valence-electron chi connectivity index (χ4n) is 2.02. The van der Waals surface area contributed by atoms with E-state index in [1.165, 1.54) is 5.56 Å². The molecule has 0 amide bonds. The summed E-state index contributed by atoms with van der Waals surface area (Å²) in [7, 11) is 0. The molecular formula is C15H18Cl2N2. The molecular weight excluding hydrogens is 279 g/mol. The van der Waals surface area contributed by atoms with Crippen molar-refractivity contribution < 1.29 is 0 Å². The molecule has 2 nitrogen and oxygen atoms in total. The number of alkyl halides is 1. The number of halogens is 2. The van der Waals surface area contributed by atoms with Gasteiger partial charge in [-0.05, 0) is 44.0 Å². The van der Waals surface area contributed by atoms with Crippen LogP contribution in [0, 0.1) is 0 Å². The Morgan fingerprint density at radius 3 is 2.37 bits per heavy atom.